The Morgan fingerprint density at radius 1 is 1.26 bits per heavy atom. The van der Waals surface area contributed by atoms with Gasteiger partial charge >= 0.3 is 0 Å². The van der Waals surface area contributed by atoms with E-state index in [2.05, 4.69) is 22.0 Å². The first kappa shape index (κ1) is 13.3. The zero-order chi connectivity index (χ0) is 13.7. The molecule has 0 unspecified atom stereocenters. The molecule has 0 amide bonds. The van der Waals surface area contributed by atoms with Gasteiger partial charge < -0.3 is 4.74 Å². The number of carbonyl (C=O) groups excluding carboxylic acids is 1. The first-order chi connectivity index (χ1) is 9.22. The number of aldehydes is 1. The highest BCUT2D eigenvalue weighted by Gasteiger charge is 2.04. The van der Waals surface area contributed by atoms with E-state index in [9.17, 15) is 4.79 Å². The fraction of sp³-hybridized carbons (Fsp3) is 0.0667. The normalized spacial score (nSPS) is 9.68. The second-order valence-electron chi connectivity index (χ2n) is 3.90. The first-order valence-electron chi connectivity index (χ1n) is 5.59. The van der Waals surface area contributed by atoms with E-state index < -0.39 is 0 Å². The third-order valence-corrected chi connectivity index (χ3v) is 3.05. The molecule has 3 nitrogen and oxygen atoms in total. The molecule has 0 N–H and O–H groups in total. The molecule has 0 fully saturated rings. The Bertz CT molecular complexity index is 647. The molecule has 2 aromatic carbocycles. The minimum absolute atomic E-state index is 0.312. The minimum Gasteiger partial charge on any atom is -0.488 e. The first-order valence-corrected chi connectivity index (χ1v) is 6.39. The predicted molar refractivity (Wildman–Crippen MR) is 75.0 cm³/mol. The molecular weight excluding hydrogens is 306 g/mol. The van der Waals surface area contributed by atoms with E-state index >= 15 is 0 Å². The molecule has 2 aromatic rings. The molecule has 4 heteroatoms. The lowest BCUT2D eigenvalue weighted by molar-refractivity contribution is 0.111. The lowest BCUT2D eigenvalue weighted by Crippen LogP contribution is -1.98. The van der Waals surface area contributed by atoms with Crippen LogP contribution in [0, 0.1) is 11.3 Å². The molecule has 0 aromatic heterocycles. The summed E-state index contributed by atoms with van der Waals surface area (Å²) in [7, 11) is 0. The van der Waals surface area contributed by atoms with E-state index in [-0.39, 0.29) is 0 Å². The quantitative estimate of drug-likeness (QED) is 0.808. The van der Waals surface area contributed by atoms with Crippen molar-refractivity contribution in [3.8, 4) is 11.8 Å². The van der Waals surface area contributed by atoms with E-state index in [1.807, 2.05) is 6.07 Å². The monoisotopic (exact) mass is 315 g/mol. The van der Waals surface area contributed by atoms with Crippen molar-refractivity contribution in [1.82, 2.24) is 0 Å². The highest BCUT2D eigenvalue weighted by molar-refractivity contribution is 9.10. The maximum Gasteiger partial charge on any atom is 0.153 e. The molecule has 2 rings (SSSR count). The molecule has 0 saturated carbocycles. The van der Waals surface area contributed by atoms with E-state index in [0.717, 1.165) is 16.3 Å². The van der Waals surface area contributed by atoms with Crippen LogP contribution in [0.4, 0.5) is 0 Å². The highest BCUT2D eigenvalue weighted by atomic mass is 79.9. The summed E-state index contributed by atoms with van der Waals surface area (Å²) in [5.74, 6) is 0.520. The summed E-state index contributed by atoms with van der Waals surface area (Å²) in [4.78, 5) is 10.9. The molecule has 0 aliphatic carbocycles. The van der Waals surface area contributed by atoms with Gasteiger partial charge in [-0.05, 0) is 35.9 Å². The van der Waals surface area contributed by atoms with Gasteiger partial charge in [0.1, 0.15) is 12.4 Å². The number of nitrogens with zero attached hydrogens (tertiary/aromatic N) is 1. The summed E-state index contributed by atoms with van der Waals surface area (Å²) in [5, 5.41) is 8.82. The number of hydrogen-bond donors (Lipinski definition) is 0. The van der Waals surface area contributed by atoms with Crippen LogP contribution in [0.2, 0.25) is 0 Å². The number of ether oxygens (including phenoxy) is 1. The van der Waals surface area contributed by atoms with Gasteiger partial charge in [-0.1, -0.05) is 28.1 Å². The summed E-state index contributed by atoms with van der Waals surface area (Å²) in [5.41, 5.74) is 1.97. The molecule has 0 radical (unpaired) electrons. The van der Waals surface area contributed by atoms with Gasteiger partial charge in [-0.2, -0.15) is 5.26 Å². The van der Waals surface area contributed by atoms with Gasteiger partial charge in [0, 0.05) is 4.47 Å². The Hall–Kier alpha value is -2.12. The van der Waals surface area contributed by atoms with Crippen LogP contribution in [0.15, 0.2) is 46.9 Å². The highest BCUT2D eigenvalue weighted by Crippen LogP contribution is 2.23. The van der Waals surface area contributed by atoms with Gasteiger partial charge in [0.05, 0.1) is 17.2 Å². The van der Waals surface area contributed by atoms with Crippen molar-refractivity contribution in [2.45, 2.75) is 6.61 Å². The Morgan fingerprint density at radius 3 is 2.84 bits per heavy atom. The third-order valence-electron chi connectivity index (χ3n) is 2.55. The van der Waals surface area contributed by atoms with Crippen molar-refractivity contribution in [3.05, 3.63) is 63.6 Å². The van der Waals surface area contributed by atoms with E-state index in [1.54, 1.807) is 36.4 Å². The van der Waals surface area contributed by atoms with Gasteiger partial charge in [0.2, 0.25) is 0 Å². The Balaban J connectivity index is 2.16. The van der Waals surface area contributed by atoms with Gasteiger partial charge in [-0.15, -0.1) is 0 Å². The van der Waals surface area contributed by atoms with Gasteiger partial charge in [0.25, 0.3) is 0 Å². The number of nitriles is 1. The number of hydrogen-bond acceptors (Lipinski definition) is 3. The largest absolute Gasteiger partial charge is 0.488 e. The van der Waals surface area contributed by atoms with Crippen LogP contribution in [0.25, 0.3) is 0 Å². The lowest BCUT2D eigenvalue weighted by atomic mass is 10.1. The number of halogens is 1. The van der Waals surface area contributed by atoms with Crippen molar-refractivity contribution >= 4 is 22.2 Å². The van der Waals surface area contributed by atoms with E-state index in [1.165, 1.54) is 0 Å². The average molecular weight is 316 g/mol. The summed E-state index contributed by atoms with van der Waals surface area (Å²) < 4.78 is 6.47. The Labute approximate surface area is 119 Å². The maximum atomic E-state index is 10.9. The second kappa shape index (κ2) is 6.17. The van der Waals surface area contributed by atoms with E-state index in [0.29, 0.717) is 23.5 Å². The van der Waals surface area contributed by atoms with Crippen LogP contribution in [-0.2, 0) is 6.61 Å². The van der Waals surface area contributed by atoms with Gasteiger partial charge in [0.15, 0.2) is 6.29 Å². The molecule has 19 heavy (non-hydrogen) atoms. The van der Waals surface area contributed by atoms with Crippen LogP contribution in [0.5, 0.6) is 5.75 Å². The lowest BCUT2D eigenvalue weighted by Gasteiger charge is -2.09. The van der Waals surface area contributed by atoms with Crippen molar-refractivity contribution < 1.29 is 9.53 Å². The molecule has 0 saturated heterocycles. The number of benzene rings is 2. The Kier molecular flexibility index (Phi) is 4.32. The summed E-state index contributed by atoms with van der Waals surface area (Å²) in [6.45, 7) is 0.312. The van der Waals surface area contributed by atoms with Gasteiger partial charge in [-0.25, -0.2) is 0 Å². The second-order valence-corrected chi connectivity index (χ2v) is 4.82. The van der Waals surface area contributed by atoms with E-state index in [4.69, 9.17) is 10.00 Å². The zero-order valence-electron chi connectivity index (χ0n) is 9.97. The van der Waals surface area contributed by atoms with Crippen LogP contribution >= 0.6 is 15.9 Å². The Morgan fingerprint density at radius 2 is 2.11 bits per heavy atom. The summed E-state index contributed by atoms with van der Waals surface area (Å²) >= 11 is 3.34. The van der Waals surface area contributed by atoms with Crippen molar-refractivity contribution in [3.63, 3.8) is 0 Å². The standard InChI is InChI=1S/C15H10BrNO2/c16-14-5-4-13(9-18)15(7-14)19-10-12-3-1-2-11(6-12)8-17/h1-7,9H,10H2. The average Bonchev–Trinajstić information content (AvgIpc) is 2.45. The predicted octanol–water partition coefficient (Wildman–Crippen LogP) is 3.71. The topological polar surface area (TPSA) is 50.1 Å². The molecule has 94 valence electrons. The smallest absolute Gasteiger partial charge is 0.153 e. The van der Waals surface area contributed by atoms with Gasteiger partial charge in [-0.3, -0.25) is 4.79 Å². The van der Waals surface area contributed by atoms with Crippen LogP contribution < -0.4 is 4.74 Å². The minimum atomic E-state index is 0.312. The molecule has 0 bridgehead atoms. The summed E-state index contributed by atoms with van der Waals surface area (Å²) in [6, 6.07) is 14.5. The molecule has 0 atom stereocenters. The fourth-order valence-electron chi connectivity index (χ4n) is 1.62. The SMILES string of the molecule is N#Cc1cccc(COc2cc(Br)ccc2C=O)c1. The molecule has 0 spiro atoms. The molecule has 0 heterocycles. The molecular formula is C15H10BrNO2. The summed E-state index contributed by atoms with van der Waals surface area (Å²) in [6.07, 6.45) is 0.757. The maximum absolute atomic E-state index is 10.9. The third kappa shape index (κ3) is 3.43. The van der Waals surface area contributed by atoms with Crippen LogP contribution in [0.3, 0.4) is 0 Å². The van der Waals surface area contributed by atoms with Crippen LogP contribution in [0.1, 0.15) is 21.5 Å². The molecule has 0 aliphatic rings. The fourth-order valence-corrected chi connectivity index (χ4v) is 1.96. The molecule has 0 aliphatic heterocycles. The van der Waals surface area contributed by atoms with Crippen molar-refractivity contribution in [2.75, 3.05) is 0 Å². The van der Waals surface area contributed by atoms with Crippen molar-refractivity contribution in [1.29, 1.82) is 5.26 Å². The number of rotatable bonds is 4. The van der Waals surface area contributed by atoms with Crippen molar-refractivity contribution in [2.24, 2.45) is 0 Å². The number of carbonyl (C=O) groups is 1. The van der Waals surface area contributed by atoms with Crippen LogP contribution in [-0.4, -0.2) is 6.29 Å². The zero-order valence-corrected chi connectivity index (χ0v) is 11.6.